The predicted molar refractivity (Wildman–Crippen MR) is 83.1 cm³/mol. The molecule has 2 heterocycles. The van der Waals surface area contributed by atoms with Crippen molar-refractivity contribution in [3.63, 3.8) is 0 Å². The van der Waals surface area contributed by atoms with Crippen molar-refractivity contribution in [2.24, 2.45) is 0 Å². The van der Waals surface area contributed by atoms with Crippen LogP contribution in [0, 0.1) is 0 Å². The highest BCUT2D eigenvalue weighted by Gasteiger charge is 2.12. The lowest BCUT2D eigenvalue weighted by Crippen LogP contribution is -2.28. The molecule has 0 unspecified atom stereocenters. The first-order chi connectivity index (χ1) is 10.7. The standard InChI is InChI=1S/C14H16N6O2/c15-14-18-12-5-8(11-3-4-16-20-11)1-2-10(12)13(19-14)17-9(6-21)7-22/h1-5,9,21-22H,6-7H2,(H,16,20)(H3,15,17,18,19). The van der Waals surface area contributed by atoms with Crippen molar-refractivity contribution in [3.05, 3.63) is 30.5 Å². The zero-order chi connectivity index (χ0) is 15.5. The van der Waals surface area contributed by atoms with Gasteiger partial charge in [0.15, 0.2) is 0 Å². The number of aliphatic hydroxyl groups is 2. The number of benzene rings is 1. The first-order valence-electron chi connectivity index (χ1n) is 6.76. The van der Waals surface area contributed by atoms with Gasteiger partial charge in [0, 0.05) is 17.1 Å². The van der Waals surface area contributed by atoms with Crippen LogP contribution in [0.15, 0.2) is 30.5 Å². The van der Waals surface area contributed by atoms with Gasteiger partial charge in [-0.15, -0.1) is 0 Å². The number of anilines is 2. The van der Waals surface area contributed by atoms with Crippen LogP contribution in [0.3, 0.4) is 0 Å². The number of hydrogen-bond donors (Lipinski definition) is 5. The zero-order valence-electron chi connectivity index (χ0n) is 11.7. The Balaban J connectivity index is 2.06. The number of aromatic amines is 1. The Hall–Kier alpha value is -2.71. The molecule has 0 saturated carbocycles. The number of nitrogen functional groups attached to an aromatic ring is 1. The van der Waals surface area contributed by atoms with Gasteiger partial charge in [-0.25, -0.2) is 4.98 Å². The molecule has 3 aromatic rings. The van der Waals surface area contributed by atoms with E-state index < -0.39 is 6.04 Å². The highest BCUT2D eigenvalue weighted by Crippen LogP contribution is 2.26. The monoisotopic (exact) mass is 300 g/mol. The first-order valence-corrected chi connectivity index (χ1v) is 6.76. The minimum atomic E-state index is -0.509. The minimum Gasteiger partial charge on any atom is -0.394 e. The van der Waals surface area contributed by atoms with Crippen LogP contribution in [0.1, 0.15) is 0 Å². The van der Waals surface area contributed by atoms with Crippen LogP contribution in [0.4, 0.5) is 11.8 Å². The quantitative estimate of drug-likeness (QED) is 0.459. The second-order valence-corrected chi connectivity index (χ2v) is 4.84. The summed E-state index contributed by atoms with van der Waals surface area (Å²) in [5.74, 6) is 0.596. The second kappa shape index (κ2) is 5.96. The van der Waals surface area contributed by atoms with Gasteiger partial charge in [0.1, 0.15) is 5.82 Å². The molecule has 8 nitrogen and oxygen atoms in total. The summed E-state index contributed by atoms with van der Waals surface area (Å²) in [5.41, 5.74) is 8.21. The minimum absolute atomic E-state index is 0.117. The summed E-state index contributed by atoms with van der Waals surface area (Å²) in [6.07, 6.45) is 1.67. The number of nitrogens with two attached hydrogens (primary N) is 1. The van der Waals surface area contributed by atoms with Crippen LogP contribution in [0.5, 0.6) is 0 Å². The molecule has 0 spiro atoms. The summed E-state index contributed by atoms with van der Waals surface area (Å²) in [4.78, 5) is 8.38. The summed E-state index contributed by atoms with van der Waals surface area (Å²) in [5, 5.41) is 28.9. The molecule has 0 radical (unpaired) electrons. The maximum atomic E-state index is 9.19. The molecule has 0 aliphatic heterocycles. The van der Waals surface area contributed by atoms with Gasteiger partial charge >= 0.3 is 0 Å². The summed E-state index contributed by atoms with van der Waals surface area (Å²) in [6.45, 7) is -0.428. The average molecular weight is 300 g/mol. The van der Waals surface area contributed by atoms with Crippen LogP contribution >= 0.6 is 0 Å². The molecule has 0 aliphatic rings. The topological polar surface area (TPSA) is 133 Å². The molecule has 0 fully saturated rings. The van der Waals surface area contributed by atoms with Crippen molar-refractivity contribution in [2.75, 3.05) is 24.3 Å². The Morgan fingerprint density at radius 1 is 1.18 bits per heavy atom. The molecule has 0 atom stereocenters. The van der Waals surface area contributed by atoms with E-state index >= 15 is 0 Å². The fraction of sp³-hybridized carbons (Fsp3) is 0.214. The highest BCUT2D eigenvalue weighted by atomic mass is 16.3. The van der Waals surface area contributed by atoms with Gasteiger partial charge in [0.05, 0.1) is 30.5 Å². The first kappa shape index (κ1) is 14.2. The molecule has 3 rings (SSSR count). The SMILES string of the molecule is Nc1nc(NC(CO)CO)c2ccc(-c3ccn[nH]3)cc2n1. The Kier molecular flexibility index (Phi) is 3.86. The van der Waals surface area contributed by atoms with E-state index in [1.54, 1.807) is 6.20 Å². The third-order valence-corrected chi connectivity index (χ3v) is 3.31. The van der Waals surface area contributed by atoms with Crippen molar-refractivity contribution in [1.82, 2.24) is 20.2 Å². The van der Waals surface area contributed by atoms with Crippen molar-refractivity contribution >= 4 is 22.7 Å². The van der Waals surface area contributed by atoms with E-state index in [4.69, 9.17) is 5.73 Å². The lowest BCUT2D eigenvalue weighted by molar-refractivity contribution is 0.203. The van der Waals surface area contributed by atoms with Crippen molar-refractivity contribution in [2.45, 2.75) is 6.04 Å². The van der Waals surface area contributed by atoms with Gasteiger partial charge < -0.3 is 21.3 Å². The number of nitrogens with zero attached hydrogens (tertiary/aromatic N) is 3. The van der Waals surface area contributed by atoms with E-state index in [0.29, 0.717) is 11.3 Å². The van der Waals surface area contributed by atoms with Crippen molar-refractivity contribution < 1.29 is 10.2 Å². The largest absolute Gasteiger partial charge is 0.394 e. The summed E-state index contributed by atoms with van der Waals surface area (Å²) in [6, 6.07) is 6.99. The molecule has 22 heavy (non-hydrogen) atoms. The lowest BCUT2D eigenvalue weighted by Gasteiger charge is -2.16. The molecule has 0 bridgehead atoms. The Morgan fingerprint density at radius 3 is 2.68 bits per heavy atom. The maximum Gasteiger partial charge on any atom is 0.222 e. The van der Waals surface area contributed by atoms with E-state index in [1.165, 1.54) is 0 Å². The normalized spacial score (nSPS) is 11.2. The smallest absolute Gasteiger partial charge is 0.222 e. The molecule has 0 aliphatic carbocycles. The van der Waals surface area contributed by atoms with Crippen molar-refractivity contribution in [1.29, 1.82) is 0 Å². The van der Waals surface area contributed by atoms with Gasteiger partial charge in [-0.3, -0.25) is 5.10 Å². The Bertz CT molecular complexity index is 770. The highest BCUT2D eigenvalue weighted by molar-refractivity contribution is 5.92. The molecule has 8 heteroatoms. The van der Waals surface area contributed by atoms with E-state index in [-0.39, 0.29) is 19.2 Å². The number of aliphatic hydroxyl groups excluding tert-OH is 2. The van der Waals surface area contributed by atoms with E-state index in [9.17, 15) is 10.2 Å². The number of nitrogens with one attached hydrogen (secondary N) is 2. The van der Waals surface area contributed by atoms with Crippen LogP contribution in [0.2, 0.25) is 0 Å². The zero-order valence-corrected chi connectivity index (χ0v) is 11.7. The maximum absolute atomic E-state index is 9.19. The van der Waals surface area contributed by atoms with Gasteiger partial charge in [-0.2, -0.15) is 10.1 Å². The van der Waals surface area contributed by atoms with Crippen LogP contribution in [0.25, 0.3) is 22.2 Å². The average Bonchev–Trinajstić information content (AvgIpc) is 3.06. The molecule has 0 saturated heterocycles. The lowest BCUT2D eigenvalue weighted by atomic mass is 10.1. The molecule has 0 amide bonds. The molecule has 1 aromatic carbocycles. The molecule has 114 valence electrons. The van der Waals surface area contributed by atoms with Gasteiger partial charge in [-0.05, 0) is 18.2 Å². The summed E-state index contributed by atoms with van der Waals surface area (Å²) >= 11 is 0. The predicted octanol–water partition coefficient (Wildman–Crippen LogP) is 0.367. The number of fused-ring (bicyclic) bond motifs is 1. The van der Waals surface area contributed by atoms with Gasteiger partial charge in [-0.1, -0.05) is 6.07 Å². The van der Waals surface area contributed by atoms with Gasteiger partial charge in [0.2, 0.25) is 5.95 Å². The Labute approximate surface area is 126 Å². The van der Waals surface area contributed by atoms with Crippen LogP contribution in [-0.4, -0.2) is 49.6 Å². The number of aromatic nitrogens is 4. The fourth-order valence-corrected chi connectivity index (χ4v) is 2.18. The second-order valence-electron chi connectivity index (χ2n) is 4.84. The fourth-order valence-electron chi connectivity index (χ4n) is 2.18. The van der Waals surface area contributed by atoms with Gasteiger partial charge in [0.25, 0.3) is 0 Å². The number of hydrogen-bond acceptors (Lipinski definition) is 7. The third-order valence-electron chi connectivity index (χ3n) is 3.31. The molecule has 2 aromatic heterocycles. The van der Waals surface area contributed by atoms with E-state index in [0.717, 1.165) is 16.6 Å². The molecular formula is C14H16N6O2. The van der Waals surface area contributed by atoms with Crippen molar-refractivity contribution in [3.8, 4) is 11.3 Å². The molecular weight excluding hydrogens is 284 g/mol. The van der Waals surface area contributed by atoms with Crippen LogP contribution in [-0.2, 0) is 0 Å². The van der Waals surface area contributed by atoms with E-state index in [1.807, 2.05) is 24.3 Å². The summed E-state index contributed by atoms with van der Waals surface area (Å²) in [7, 11) is 0. The summed E-state index contributed by atoms with van der Waals surface area (Å²) < 4.78 is 0. The van der Waals surface area contributed by atoms with E-state index in [2.05, 4.69) is 25.5 Å². The Morgan fingerprint density at radius 2 is 2.00 bits per heavy atom. The third kappa shape index (κ3) is 2.69. The van der Waals surface area contributed by atoms with Crippen LogP contribution < -0.4 is 11.1 Å². The number of H-pyrrole nitrogens is 1. The number of rotatable bonds is 5. The molecule has 6 N–H and O–H groups in total.